The third-order valence-corrected chi connectivity index (χ3v) is 7.14. The van der Waals surface area contributed by atoms with Crippen molar-refractivity contribution in [2.24, 2.45) is 0 Å². The highest BCUT2D eigenvalue weighted by Crippen LogP contribution is 2.51. The van der Waals surface area contributed by atoms with Gasteiger partial charge in [0.2, 0.25) is 5.75 Å². The third-order valence-electron chi connectivity index (χ3n) is 7.14. The van der Waals surface area contributed by atoms with E-state index in [-0.39, 0.29) is 11.1 Å². The molecule has 45 heavy (non-hydrogen) atoms. The smallest absolute Gasteiger partial charge is 0.339 e. The average Bonchev–Trinajstić information content (AvgIpc) is 2.99. The van der Waals surface area contributed by atoms with Gasteiger partial charge in [0, 0.05) is 5.56 Å². The molecule has 2 aliphatic heterocycles. The molecule has 1 fully saturated rings. The number of fused-ring (bicyclic) bond motifs is 3. The van der Waals surface area contributed by atoms with Crippen molar-refractivity contribution in [3.8, 4) is 51.7 Å². The summed E-state index contributed by atoms with van der Waals surface area (Å²) in [5, 5.41) is 90.1. The lowest BCUT2D eigenvalue weighted by molar-refractivity contribution is -0.234. The summed E-state index contributed by atoms with van der Waals surface area (Å²) in [6.45, 7) is -0.943. The number of phenolic OH excluding ortho intramolecular Hbond substituents is 8. The lowest BCUT2D eigenvalue weighted by Gasteiger charge is -2.46. The highest BCUT2D eigenvalue weighted by atomic mass is 16.7. The standard InChI is InChI=1S/C28H24O17/c1-41-21-15(34)6-10-17(20(21)37)23-25(45-28(10)40)24(44-27(39)9-4-13(32)19(36)14(33)5-9)22(16(7-29)42-23)43-26(38)8-2-11(30)18(35)12(31)3-8/h2-6,16,22-25,29-37H,7H2,1H3/t16-,22+,23+,24-,25+/m1/s1. The lowest BCUT2D eigenvalue weighted by Crippen LogP contribution is -2.60. The summed E-state index contributed by atoms with van der Waals surface area (Å²) in [7, 11) is 1.11. The number of methoxy groups -OCH3 is 1. The highest BCUT2D eigenvalue weighted by Gasteiger charge is 2.56. The van der Waals surface area contributed by atoms with E-state index in [1.165, 1.54) is 0 Å². The van der Waals surface area contributed by atoms with Gasteiger partial charge in [0.25, 0.3) is 0 Å². The quantitative estimate of drug-likeness (QED) is 0.103. The van der Waals surface area contributed by atoms with Crippen molar-refractivity contribution in [2.75, 3.05) is 13.7 Å². The fourth-order valence-electron chi connectivity index (χ4n) is 5.02. The van der Waals surface area contributed by atoms with Crippen LogP contribution >= 0.6 is 0 Å². The summed E-state index contributed by atoms with van der Waals surface area (Å²) in [6.07, 6.45) is -8.61. The second-order valence-corrected chi connectivity index (χ2v) is 9.85. The minimum absolute atomic E-state index is 0.302. The second kappa shape index (κ2) is 11.4. The molecule has 1 saturated heterocycles. The maximum atomic E-state index is 13.3. The molecule has 0 unspecified atom stereocenters. The molecule has 2 aliphatic rings. The molecule has 17 heteroatoms. The number of aromatic hydroxyl groups is 8. The number of hydrogen-bond acceptors (Lipinski definition) is 17. The highest BCUT2D eigenvalue weighted by molar-refractivity contribution is 5.95. The number of benzene rings is 3. The number of aliphatic hydroxyl groups excluding tert-OH is 1. The molecule has 5 rings (SSSR count). The van der Waals surface area contributed by atoms with E-state index in [1.54, 1.807) is 0 Å². The molecule has 0 amide bonds. The van der Waals surface area contributed by atoms with Crippen LogP contribution in [0.5, 0.6) is 51.7 Å². The van der Waals surface area contributed by atoms with Gasteiger partial charge in [-0.05, 0) is 30.3 Å². The van der Waals surface area contributed by atoms with E-state index in [9.17, 15) is 60.3 Å². The summed E-state index contributed by atoms with van der Waals surface area (Å²) in [5.41, 5.74) is -1.75. The maximum absolute atomic E-state index is 13.3. The Bertz CT molecular complexity index is 1670. The minimum Gasteiger partial charge on any atom is -0.504 e. The van der Waals surface area contributed by atoms with Crippen molar-refractivity contribution in [1.82, 2.24) is 0 Å². The normalized spacial score (nSPS) is 22.0. The molecule has 17 nitrogen and oxygen atoms in total. The van der Waals surface area contributed by atoms with Crippen molar-refractivity contribution in [1.29, 1.82) is 0 Å². The molecule has 0 aromatic heterocycles. The number of rotatable bonds is 6. The fraction of sp³-hybridized carbons (Fsp3) is 0.250. The number of carbonyl (C=O) groups excluding carboxylic acids is 3. The van der Waals surface area contributed by atoms with Crippen molar-refractivity contribution >= 4 is 17.9 Å². The number of aliphatic hydroxyl groups is 1. The Morgan fingerprint density at radius 1 is 0.733 bits per heavy atom. The summed E-state index contributed by atoms with van der Waals surface area (Å²) < 4.78 is 27.3. The van der Waals surface area contributed by atoms with Crippen LogP contribution in [0.25, 0.3) is 0 Å². The van der Waals surface area contributed by atoms with Crippen molar-refractivity contribution in [3.63, 3.8) is 0 Å². The van der Waals surface area contributed by atoms with Gasteiger partial charge in [-0.25, -0.2) is 14.4 Å². The molecule has 0 radical (unpaired) electrons. The van der Waals surface area contributed by atoms with Crippen LogP contribution in [0.1, 0.15) is 42.7 Å². The molecule has 3 aromatic rings. The molecular weight excluding hydrogens is 608 g/mol. The van der Waals surface area contributed by atoms with E-state index in [0.717, 1.165) is 37.4 Å². The number of esters is 3. The number of phenols is 8. The van der Waals surface area contributed by atoms with Gasteiger partial charge < -0.3 is 69.6 Å². The first-order valence-corrected chi connectivity index (χ1v) is 12.8. The van der Waals surface area contributed by atoms with Crippen LogP contribution in [-0.4, -0.2) is 102 Å². The Morgan fingerprint density at radius 2 is 1.22 bits per heavy atom. The second-order valence-electron chi connectivity index (χ2n) is 9.85. The van der Waals surface area contributed by atoms with E-state index in [0.29, 0.717) is 0 Å². The molecule has 0 spiro atoms. The van der Waals surface area contributed by atoms with Gasteiger partial charge in [0.15, 0.2) is 64.3 Å². The van der Waals surface area contributed by atoms with E-state index in [1.807, 2.05) is 0 Å². The van der Waals surface area contributed by atoms with Gasteiger partial charge in [0.1, 0.15) is 12.2 Å². The molecule has 3 aromatic carbocycles. The van der Waals surface area contributed by atoms with Gasteiger partial charge in [-0.3, -0.25) is 0 Å². The van der Waals surface area contributed by atoms with Crippen molar-refractivity contribution in [2.45, 2.75) is 30.5 Å². The Labute approximate surface area is 250 Å². The van der Waals surface area contributed by atoms with Gasteiger partial charge in [-0.15, -0.1) is 0 Å². The van der Waals surface area contributed by atoms with E-state index < -0.39 is 118 Å². The zero-order valence-corrected chi connectivity index (χ0v) is 22.8. The molecule has 0 aliphatic carbocycles. The van der Waals surface area contributed by atoms with Gasteiger partial charge >= 0.3 is 17.9 Å². The van der Waals surface area contributed by atoms with Crippen LogP contribution in [0.4, 0.5) is 0 Å². The summed E-state index contributed by atoms with van der Waals surface area (Å²) in [6, 6.07) is 3.83. The first kappa shape index (κ1) is 30.6. The summed E-state index contributed by atoms with van der Waals surface area (Å²) >= 11 is 0. The Morgan fingerprint density at radius 3 is 1.69 bits per heavy atom. The molecule has 238 valence electrons. The molecule has 0 saturated carbocycles. The van der Waals surface area contributed by atoms with Crippen LogP contribution < -0.4 is 4.74 Å². The molecule has 9 N–H and O–H groups in total. The Hall–Kier alpha value is -5.81. The average molecular weight is 632 g/mol. The van der Waals surface area contributed by atoms with Crippen molar-refractivity contribution in [3.05, 3.63) is 52.6 Å². The first-order chi connectivity index (χ1) is 21.3. The largest absolute Gasteiger partial charge is 0.504 e. The van der Waals surface area contributed by atoms with Crippen LogP contribution in [0.15, 0.2) is 30.3 Å². The van der Waals surface area contributed by atoms with Crippen LogP contribution in [0.3, 0.4) is 0 Å². The summed E-state index contributed by atoms with van der Waals surface area (Å²) in [4.78, 5) is 39.5. The first-order valence-electron chi connectivity index (χ1n) is 12.8. The van der Waals surface area contributed by atoms with Gasteiger partial charge in [-0.2, -0.15) is 0 Å². The molecule has 2 heterocycles. The SMILES string of the molecule is COc1c(O)cc2c(c1O)[C@@H]1O[C@H](CO)[C@H](OC(=O)c3cc(O)c(O)c(O)c3)[C@@H](OC(=O)c3cc(O)c(O)c(O)c3)[C@H]1OC2=O. The number of carbonyl (C=O) groups is 3. The third kappa shape index (κ3) is 5.19. The predicted molar refractivity (Wildman–Crippen MR) is 142 cm³/mol. The molecule has 0 bridgehead atoms. The van der Waals surface area contributed by atoms with Gasteiger partial charge in [0.05, 0.1) is 30.4 Å². The zero-order valence-electron chi connectivity index (χ0n) is 22.8. The molecular formula is C28H24O17. The molecule has 5 atom stereocenters. The topological polar surface area (TPSA) is 279 Å². The summed E-state index contributed by atoms with van der Waals surface area (Å²) in [5.74, 6) is -11.2. The van der Waals surface area contributed by atoms with E-state index in [2.05, 4.69) is 0 Å². The van der Waals surface area contributed by atoms with Crippen molar-refractivity contribution < 1.29 is 84.0 Å². The number of hydrogen-bond donors (Lipinski definition) is 9. The zero-order chi connectivity index (χ0) is 32.9. The van der Waals surface area contributed by atoms with E-state index in [4.69, 9.17) is 23.7 Å². The monoisotopic (exact) mass is 632 g/mol. The fourth-order valence-corrected chi connectivity index (χ4v) is 5.02. The Kier molecular flexibility index (Phi) is 7.73. The number of ether oxygens (including phenoxy) is 5. The van der Waals surface area contributed by atoms with Crippen LogP contribution in [0.2, 0.25) is 0 Å². The Balaban J connectivity index is 1.60. The van der Waals surface area contributed by atoms with Crippen LogP contribution in [-0.2, 0) is 18.9 Å². The van der Waals surface area contributed by atoms with E-state index >= 15 is 0 Å². The van der Waals surface area contributed by atoms with Crippen LogP contribution in [0, 0.1) is 0 Å². The maximum Gasteiger partial charge on any atom is 0.339 e. The lowest BCUT2D eigenvalue weighted by atomic mass is 9.85. The minimum atomic E-state index is -1.88. The predicted octanol–water partition coefficient (Wildman–Crippen LogP) is 0.762. The van der Waals surface area contributed by atoms with Gasteiger partial charge in [-0.1, -0.05) is 0 Å².